The molecule has 0 aliphatic carbocycles. The molecule has 0 saturated carbocycles. The van der Waals surface area contributed by atoms with Crippen molar-refractivity contribution in [2.24, 2.45) is 0 Å². The number of hydrogen-bond donors (Lipinski definition) is 0. The van der Waals surface area contributed by atoms with Crippen molar-refractivity contribution in [2.45, 2.75) is 13.1 Å². The summed E-state index contributed by atoms with van der Waals surface area (Å²) in [6.07, 6.45) is 0.236. The molecule has 1 atom stereocenters. The molecule has 1 unspecified atom stereocenters. The van der Waals surface area contributed by atoms with Gasteiger partial charge in [-0.15, -0.1) is 0 Å². The predicted molar refractivity (Wildman–Crippen MR) is 91.5 cm³/mol. The first-order valence-corrected chi connectivity index (χ1v) is 7.33. The van der Waals surface area contributed by atoms with Gasteiger partial charge in [-0.3, -0.25) is 0 Å². The highest BCUT2D eigenvalue weighted by molar-refractivity contribution is 5.79. The van der Waals surface area contributed by atoms with Crippen LogP contribution in [0, 0.1) is 6.92 Å². The Morgan fingerprint density at radius 2 is 1.57 bits per heavy atom. The molecule has 0 N–H and O–H groups in total. The van der Waals surface area contributed by atoms with Crippen LogP contribution in [0.15, 0.2) is 42.5 Å². The van der Waals surface area contributed by atoms with Crippen molar-refractivity contribution < 1.29 is 0 Å². The summed E-state index contributed by atoms with van der Waals surface area (Å²) in [6.45, 7) is 2.15. The zero-order chi connectivity index (χ0) is 15.1. The Balaban J connectivity index is 2.10. The maximum atomic E-state index is 2.37. The minimum Gasteiger partial charge on any atom is -0.377 e. The molecule has 0 bridgehead atoms. The average molecular weight is 281 g/mol. The van der Waals surface area contributed by atoms with E-state index in [-0.39, 0.29) is 6.17 Å². The Bertz CT molecular complexity index is 663. The largest absolute Gasteiger partial charge is 0.377 e. The van der Waals surface area contributed by atoms with E-state index in [9.17, 15) is 0 Å². The molecule has 0 aromatic heterocycles. The van der Waals surface area contributed by atoms with Crippen molar-refractivity contribution in [3.05, 3.63) is 53.6 Å². The van der Waals surface area contributed by atoms with Gasteiger partial charge in [-0.1, -0.05) is 24.3 Å². The van der Waals surface area contributed by atoms with Gasteiger partial charge in [-0.2, -0.15) is 0 Å². The molecule has 2 aromatic carbocycles. The number of hydrogen-bond acceptors (Lipinski definition) is 3. The molecule has 0 spiro atoms. The van der Waals surface area contributed by atoms with Crippen molar-refractivity contribution in [1.82, 2.24) is 0 Å². The van der Waals surface area contributed by atoms with E-state index < -0.39 is 0 Å². The van der Waals surface area contributed by atoms with Crippen molar-refractivity contribution in [3.8, 4) is 0 Å². The zero-order valence-corrected chi connectivity index (χ0v) is 13.5. The number of anilines is 3. The second-order valence-corrected chi connectivity index (χ2v) is 6.04. The fourth-order valence-corrected chi connectivity index (χ4v) is 3.27. The quantitative estimate of drug-likeness (QED) is 0.832. The Hall–Kier alpha value is -2.16. The lowest BCUT2D eigenvalue weighted by Gasteiger charge is -2.31. The summed E-state index contributed by atoms with van der Waals surface area (Å²) in [5.41, 5.74) is 6.50. The number of aryl methyl sites for hydroxylation is 1. The SMILES string of the molecule is Cc1ccc2c(c1)N(C)C(c1ccccc1N(C)C)N2C. The standard InChI is InChI=1S/C18H23N3/c1-13-10-11-16-17(12-13)21(5)18(20(16)4)14-8-6-7-9-15(14)19(2)3/h6-12,18H,1-5H3. The molecule has 3 heteroatoms. The van der Waals surface area contributed by atoms with E-state index in [4.69, 9.17) is 0 Å². The van der Waals surface area contributed by atoms with E-state index in [1.54, 1.807) is 0 Å². The number of fused-ring (bicyclic) bond motifs is 1. The van der Waals surface area contributed by atoms with Crippen LogP contribution in [0.2, 0.25) is 0 Å². The fourth-order valence-electron chi connectivity index (χ4n) is 3.27. The molecule has 2 aromatic rings. The summed E-state index contributed by atoms with van der Waals surface area (Å²) in [6, 6.07) is 15.3. The summed E-state index contributed by atoms with van der Waals surface area (Å²) in [4.78, 5) is 6.91. The van der Waals surface area contributed by atoms with Crippen molar-refractivity contribution >= 4 is 17.1 Å². The third-order valence-corrected chi connectivity index (χ3v) is 4.32. The number of benzene rings is 2. The Labute approximate surface area is 127 Å². The second-order valence-electron chi connectivity index (χ2n) is 6.04. The fraction of sp³-hybridized carbons (Fsp3) is 0.333. The van der Waals surface area contributed by atoms with E-state index in [2.05, 4.69) is 92.3 Å². The highest BCUT2D eigenvalue weighted by Crippen LogP contribution is 2.46. The van der Waals surface area contributed by atoms with Crippen molar-refractivity contribution in [1.29, 1.82) is 0 Å². The van der Waals surface area contributed by atoms with Gasteiger partial charge in [0.1, 0.15) is 6.17 Å². The van der Waals surface area contributed by atoms with Crippen LogP contribution >= 0.6 is 0 Å². The van der Waals surface area contributed by atoms with Crippen LogP contribution in [0.5, 0.6) is 0 Å². The van der Waals surface area contributed by atoms with Crippen LogP contribution < -0.4 is 14.7 Å². The van der Waals surface area contributed by atoms with E-state index >= 15 is 0 Å². The summed E-state index contributed by atoms with van der Waals surface area (Å²) >= 11 is 0. The molecule has 0 saturated heterocycles. The normalized spacial score (nSPS) is 17.1. The molecule has 3 rings (SSSR count). The van der Waals surface area contributed by atoms with Crippen molar-refractivity contribution in [2.75, 3.05) is 42.9 Å². The van der Waals surface area contributed by atoms with Crippen molar-refractivity contribution in [3.63, 3.8) is 0 Å². The van der Waals surface area contributed by atoms with Gasteiger partial charge in [-0.25, -0.2) is 0 Å². The number of nitrogens with zero attached hydrogens (tertiary/aromatic N) is 3. The Morgan fingerprint density at radius 1 is 0.905 bits per heavy atom. The van der Waals surface area contributed by atoms with E-state index in [0.29, 0.717) is 0 Å². The molecule has 0 fully saturated rings. The minimum absolute atomic E-state index is 0.236. The van der Waals surface area contributed by atoms with E-state index in [0.717, 1.165) is 0 Å². The maximum absolute atomic E-state index is 2.37. The van der Waals surface area contributed by atoms with Crippen LogP contribution in [0.3, 0.4) is 0 Å². The molecule has 1 heterocycles. The smallest absolute Gasteiger partial charge is 0.130 e. The minimum atomic E-state index is 0.236. The molecular weight excluding hydrogens is 258 g/mol. The van der Waals surface area contributed by atoms with Gasteiger partial charge in [0.05, 0.1) is 11.4 Å². The van der Waals surface area contributed by atoms with Gasteiger partial charge in [0.15, 0.2) is 0 Å². The molecule has 110 valence electrons. The highest BCUT2D eigenvalue weighted by atomic mass is 15.4. The van der Waals surface area contributed by atoms with Crippen LogP contribution in [0.1, 0.15) is 17.3 Å². The molecule has 0 radical (unpaired) electrons. The summed E-state index contributed by atoms with van der Waals surface area (Å²) in [5, 5.41) is 0. The summed E-state index contributed by atoms with van der Waals surface area (Å²) in [5.74, 6) is 0. The van der Waals surface area contributed by atoms with Gasteiger partial charge < -0.3 is 14.7 Å². The lowest BCUT2D eigenvalue weighted by molar-refractivity contribution is 0.693. The topological polar surface area (TPSA) is 9.72 Å². The van der Waals surface area contributed by atoms with Gasteiger partial charge in [0, 0.05) is 39.4 Å². The number of rotatable bonds is 2. The van der Waals surface area contributed by atoms with Crippen LogP contribution in [-0.2, 0) is 0 Å². The summed E-state index contributed by atoms with van der Waals surface area (Å²) < 4.78 is 0. The highest BCUT2D eigenvalue weighted by Gasteiger charge is 2.33. The molecule has 3 nitrogen and oxygen atoms in total. The lowest BCUT2D eigenvalue weighted by atomic mass is 10.1. The molecule has 1 aliphatic rings. The monoisotopic (exact) mass is 281 g/mol. The van der Waals surface area contributed by atoms with E-state index in [1.807, 2.05) is 0 Å². The van der Waals surface area contributed by atoms with Crippen LogP contribution in [0.4, 0.5) is 17.1 Å². The first kappa shape index (κ1) is 13.8. The average Bonchev–Trinajstić information content (AvgIpc) is 2.70. The molecule has 1 aliphatic heterocycles. The van der Waals surface area contributed by atoms with E-state index in [1.165, 1.54) is 28.2 Å². The predicted octanol–water partition coefficient (Wildman–Crippen LogP) is 3.65. The van der Waals surface area contributed by atoms with Crippen LogP contribution in [0.25, 0.3) is 0 Å². The summed E-state index contributed by atoms with van der Waals surface area (Å²) in [7, 11) is 8.56. The van der Waals surface area contributed by atoms with Crippen LogP contribution in [-0.4, -0.2) is 28.2 Å². The van der Waals surface area contributed by atoms with Gasteiger partial charge in [-0.05, 0) is 30.7 Å². The van der Waals surface area contributed by atoms with Gasteiger partial charge in [0.2, 0.25) is 0 Å². The third-order valence-electron chi connectivity index (χ3n) is 4.32. The maximum Gasteiger partial charge on any atom is 0.130 e. The molecule has 21 heavy (non-hydrogen) atoms. The first-order valence-electron chi connectivity index (χ1n) is 7.33. The molecule has 0 amide bonds. The Morgan fingerprint density at radius 3 is 2.29 bits per heavy atom. The molecular formula is C18H23N3. The first-order chi connectivity index (χ1) is 10.0. The van der Waals surface area contributed by atoms with Gasteiger partial charge >= 0.3 is 0 Å². The zero-order valence-electron chi connectivity index (χ0n) is 13.5. The lowest BCUT2D eigenvalue weighted by Crippen LogP contribution is -2.31. The van der Waals surface area contributed by atoms with Gasteiger partial charge in [0.25, 0.3) is 0 Å². The second kappa shape index (κ2) is 4.99. The number of para-hydroxylation sites is 1. The third kappa shape index (κ3) is 2.13. The Kier molecular flexibility index (Phi) is 3.28.